The van der Waals surface area contributed by atoms with Gasteiger partial charge in [-0.2, -0.15) is 0 Å². The lowest BCUT2D eigenvalue weighted by molar-refractivity contribution is 0.135. The molecular formula is C11H21N3OS. The van der Waals surface area contributed by atoms with Crippen molar-refractivity contribution in [2.24, 2.45) is 0 Å². The van der Waals surface area contributed by atoms with E-state index in [9.17, 15) is 5.11 Å². The van der Waals surface area contributed by atoms with Crippen molar-refractivity contribution in [3.05, 3.63) is 16.1 Å². The van der Waals surface area contributed by atoms with Gasteiger partial charge in [0.2, 0.25) is 0 Å². The molecule has 1 unspecified atom stereocenters. The van der Waals surface area contributed by atoms with Crippen LogP contribution in [0.4, 0.5) is 0 Å². The molecule has 1 aromatic rings. The third kappa shape index (κ3) is 5.55. The summed E-state index contributed by atoms with van der Waals surface area (Å²) in [6.07, 6.45) is 0.631. The van der Waals surface area contributed by atoms with Gasteiger partial charge in [0, 0.05) is 31.4 Å². The Kier molecular flexibility index (Phi) is 5.90. The highest BCUT2D eigenvalue weighted by atomic mass is 32.1. The maximum absolute atomic E-state index is 9.60. The van der Waals surface area contributed by atoms with Crippen molar-refractivity contribution in [1.29, 1.82) is 0 Å². The quantitative estimate of drug-likeness (QED) is 0.685. The molecule has 0 aliphatic rings. The van der Waals surface area contributed by atoms with Gasteiger partial charge in [0.25, 0.3) is 0 Å². The van der Waals surface area contributed by atoms with Gasteiger partial charge in [-0.05, 0) is 21.0 Å². The van der Waals surface area contributed by atoms with E-state index in [1.807, 2.05) is 25.9 Å². The minimum absolute atomic E-state index is 0.299. The molecule has 0 aliphatic carbocycles. The predicted molar refractivity (Wildman–Crippen MR) is 68.0 cm³/mol. The van der Waals surface area contributed by atoms with E-state index < -0.39 is 0 Å². The van der Waals surface area contributed by atoms with Crippen LogP contribution in [0, 0.1) is 6.92 Å². The van der Waals surface area contributed by atoms with E-state index in [1.54, 1.807) is 11.3 Å². The molecule has 1 heterocycles. The molecular weight excluding hydrogens is 222 g/mol. The molecule has 2 N–H and O–H groups in total. The summed E-state index contributed by atoms with van der Waals surface area (Å²) in [7, 11) is 3.92. The Bertz CT molecular complexity index is 301. The van der Waals surface area contributed by atoms with Crippen molar-refractivity contribution in [3.63, 3.8) is 0 Å². The molecule has 1 rings (SSSR count). The number of nitrogens with one attached hydrogen (secondary N) is 1. The molecule has 0 aliphatic heterocycles. The number of thiazole rings is 1. The van der Waals surface area contributed by atoms with E-state index in [4.69, 9.17) is 0 Å². The van der Waals surface area contributed by atoms with E-state index >= 15 is 0 Å². The second-order valence-electron chi connectivity index (χ2n) is 4.23. The van der Waals surface area contributed by atoms with Crippen LogP contribution >= 0.6 is 11.3 Å². The number of aliphatic hydroxyl groups excluding tert-OH is 1. The van der Waals surface area contributed by atoms with Crippen LogP contribution in [0.1, 0.15) is 10.7 Å². The smallest absolute Gasteiger partial charge is 0.0897 e. The number of aliphatic hydroxyl groups is 1. The SMILES string of the molecule is Cc1nc(CCNCC(O)CN(C)C)cs1. The Morgan fingerprint density at radius 1 is 1.56 bits per heavy atom. The van der Waals surface area contributed by atoms with Crippen molar-refractivity contribution in [3.8, 4) is 0 Å². The standard InChI is InChI=1S/C11H21N3OS/c1-9-13-10(8-16-9)4-5-12-6-11(15)7-14(2)3/h8,11-12,15H,4-7H2,1-3H3. The van der Waals surface area contributed by atoms with Crippen LogP contribution in [-0.2, 0) is 6.42 Å². The lowest BCUT2D eigenvalue weighted by Crippen LogP contribution is -2.35. The highest BCUT2D eigenvalue weighted by Crippen LogP contribution is 2.07. The van der Waals surface area contributed by atoms with Gasteiger partial charge in [0.15, 0.2) is 0 Å². The minimum Gasteiger partial charge on any atom is -0.390 e. The fourth-order valence-corrected chi connectivity index (χ4v) is 2.14. The summed E-state index contributed by atoms with van der Waals surface area (Å²) in [5.74, 6) is 0. The zero-order valence-electron chi connectivity index (χ0n) is 10.2. The van der Waals surface area contributed by atoms with Crippen LogP contribution < -0.4 is 5.32 Å². The maximum atomic E-state index is 9.60. The average molecular weight is 243 g/mol. The summed E-state index contributed by atoms with van der Waals surface area (Å²) in [5.41, 5.74) is 1.14. The Balaban J connectivity index is 2.07. The summed E-state index contributed by atoms with van der Waals surface area (Å²) in [5, 5.41) is 16.0. The first-order chi connectivity index (χ1) is 7.58. The molecule has 0 radical (unpaired) electrons. The third-order valence-electron chi connectivity index (χ3n) is 2.18. The van der Waals surface area contributed by atoms with Crippen LogP contribution in [0.25, 0.3) is 0 Å². The predicted octanol–water partition coefficient (Wildman–Crippen LogP) is 0.506. The van der Waals surface area contributed by atoms with E-state index in [0.717, 1.165) is 23.7 Å². The number of nitrogens with zero attached hydrogens (tertiary/aromatic N) is 2. The zero-order valence-corrected chi connectivity index (χ0v) is 11.0. The summed E-state index contributed by atoms with van der Waals surface area (Å²) < 4.78 is 0. The van der Waals surface area contributed by atoms with Crippen LogP contribution in [-0.4, -0.2) is 54.8 Å². The van der Waals surface area contributed by atoms with Gasteiger partial charge in [-0.15, -0.1) is 11.3 Å². The molecule has 4 nitrogen and oxygen atoms in total. The van der Waals surface area contributed by atoms with Gasteiger partial charge in [-0.3, -0.25) is 0 Å². The number of likely N-dealkylation sites (N-methyl/N-ethyl adjacent to an activating group) is 1. The van der Waals surface area contributed by atoms with E-state index in [1.165, 1.54) is 0 Å². The van der Waals surface area contributed by atoms with Crippen molar-refractivity contribution < 1.29 is 5.11 Å². The largest absolute Gasteiger partial charge is 0.390 e. The van der Waals surface area contributed by atoms with Crippen molar-refractivity contribution in [2.75, 3.05) is 33.7 Å². The van der Waals surface area contributed by atoms with Gasteiger partial charge in [0.05, 0.1) is 16.8 Å². The minimum atomic E-state index is -0.299. The average Bonchev–Trinajstić information content (AvgIpc) is 2.58. The molecule has 0 aromatic carbocycles. The fraction of sp³-hybridized carbons (Fsp3) is 0.727. The van der Waals surface area contributed by atoms with Gasteiger partial charge in [-0.25, -0.2) is 4.98 Å². The summed E-state index contributed by atoms with van der Waals surface area (Å²) in [4.78, 5) is 6.37. The number of aryl methyl sites for hydroxylation is 1. The summed E-state index contributed by atoms with van der Waals surface area (Å²) in [6, 6.07) is 0. The molecule has 16 heavy (non-hydrogen) atoms. The first kappa shape index (κ1) is 13.6. The molecule has 0 saturated carbocycles. The highest BCUT2D eigenvalue weighted by molar-refractivity contribution is 7.09. The van der Waals surface area contributed by atoms with Gasteiger partial charge < -0.3 is 15.3 Å². The topological polar surface area (TPSA) is 48.4 Å². The maximum Gasteiger partial charge on any atom is 0.0897 e. The highest BCUT2D eigenvalue weighted by Gasteiger charge is 2.04. The number of hydrogen-bond acceptors (Lipinski definition) is 5. The Morgan fingerprint density at radius 2 is 2.31 bits per heavy atom. The van der Waals surface area contributed by atoms with Gasteiger partial charge >= 0.3 is 0 Å². The lowest BCUT2D eigenvalue weighted by atomic mass is 10.3. The molecule has 0 amide bonds. The zero-order chi connectivity index (χ0) is 12.0. The number of aromatic nitrogens is 1. The first-order valence-corrected chi connectivity index (χ1v) is 6.40. The van der Waals surface area contributed by atoms with Crippen molar-refractivity contribution >= 4 is 11.3 Å². The molecule has 0 saturated heterocycles. The second-order valence-corrected chi connectivity index (χ2v) is 5.29. The first-order valence-electron chi connectivity index (χ1n) is 5.52. The molecule has 0 bridgehead atoms. The van der Waals surface area contributed by atoms with Crippen LogP contribution in [0.3, 0.4) is 0 Å². The molecule has 1 aromatic heterocycles. The van der Waals surface area contributed by atoms with Crippen molar-refractivity contribution in [1.82, 2.24) is 15.2 Å². The van der Waals surface area contributed by atoms with Crippen molar-refractivity contribution in [2.45, 2.75) is 19.4 Å². The number of hydrogen-bond donors (Lipinski definition) is 2. The van der Waals surface area contributed by atoms with E-state index in [0.29, 0.717) is 13.1 Å². The molecule has 1 atom stereocenters. The fourth-order valence-electron chi connectivity index (χ4n) is 1.49. The third-order valence-corrected chi connectivity index (χ3v) is 3.00. The monoisotopic (exact) mass is 243 g/mol. The molecule has 0 fully saturated rings. The van der Waals surface area contributed by atoms with Gasteiger partial charge in [-0.1, -0.05) is 0 Å². The molecule has 0 spiro atoms. The second kappa shape index (κ2) is 6.96. The van der Waals surface area contributed by atoms with Crippen LogP contribution in [0.15, 0.2) is 5.38 Å². The molecule has 5 heteroatoms. The van der Waals surface area contributed by atoms with E-state index in [-0.39, 0.29) is 6.10 Å². The summed E-state index contributed by atoms with van der Waals surface area (Å²) >= 11 is 1.68. The Morgan fingerprint density at radius 3 is 2.88 bits per heavy atom. The van der Waals surface area contributed by atoms with Gasteiger partial charge in [0.1, 0.15) is 0 Å². The summed E-state index contributed by atoms with van der Waals surface area (Å²) in [6.45, 7) is 4.22. The Labute approximate surface area is 101 Å². The van der Waals surface area contributed by atoms with E-state index in [2.05, 4.69) is 15.7 Å². The van der Waals surface area contributed by atoms with Crippen LogP contribution in [0.2, 0.25) is 0 Å². The Hall–Kier alpha value is -0.490. The lowest BCUT2D eigenvalue weighted by Gasteiger charge is -2.16. The van der Waals surface area contributed by atoms with Crippen LogP contribution in [0.5, 0.6) is 0 Å². The normalized spacial score (nSPS) is 13.3. The number of rotatable bonds is 7. The molecule has 92 valence electrons.